The summed E-state index contributed by atoms with van der Waals surface area (Å²) < 4.78 is 5.60. The molecule has 2 N–H and O–H groups in total. The molecule has 1 aromatic heterocycles. The van der Waals surface area contributed by atoms with E-state index in [1.807, 2.05) is 64.1 Å². The van der Waals surface area contributed by atoms with Crippen LogP contribution in [0.2, 0.25) is 0 Å². The Bertz CT molecular complexity index is 1600. The summed E-state index contributed by atoms with van der Waals surface area (Å²) in [6.45, 7) is 14.7. The maximum Gasteiger partial charge on any atom is 0.410 e. The minimum absolute atomic E-state index is 0.0127. The second-order valence-corrected chi connectivity index (χ2v) is 16.7. The lowest BCUT2D eigenvalue weighted by Gasteiger charge is -2.46. The van der Waals surface area contributed by atoms with Crippen LogP contribution in [0.4, 0.5) is 27.8 Å². The van der Waals surface area contributed by atoms with E-state index in [4.69, 9.17) is 9.72 Å². The monoisotopic (exact) mass is 714 g/mol. The van der Waals surface area contributed by atoms with E-state index in [-0.39, 0.29) is 30.0 Å². The summed E-state index contributed by atoms with van der Waals surface area (Å²) in [4.78, 5) is 55.4. The number of likely N-dealkylation sites (tertiary alicyclic amines) is 1. The Hall–Kier alpha value is -3.90. The van der Waals surface area contributed by atoms with E-state index in [0.717, 1.165) is 48.8 Å². The van der Waals surface area contributed by atoms with Gasteiger partial charge in [0.2, 0.25) is 5.91 Å². The number of benzene rings is 1. The highest BCUT2D eigenvalue weighted by Gasteiger charge is 2.40. The van der Waals surface area contributed by atoms with Crippen molar-refractivity contribution in [1.29, 1.82) is 0 Å². The minimum atomic E-state index is -0.550. The molecule has 0 radical (unpaired) electrons. The number of amides is 3. The molecule has 4 heterocycles. The second kappa shape index (κ2) is 15.2. The number of anilines is 4. The predicted octanol–water partition coefficient (Wildman–Crippen LogP) is 5.46. The molecule has 282 valence electrons. The van der Waals surface area contributed by atoms with E-state index in [9.17, 15) is 14.4 Å². The number of hydrogen-bond donors (Lipinski definition) is 2. The standard InChI is InChI=1S/C40H58N8O4/c1-27-38(50)44(5)34-15-16-35(43-36(34)48(27)33-17-19-47(20-18-33)39(51)52-40(2,3)4)41-31-8-6-7-29(25-31)37(49)42-30-11-13-32(14-12-30)46-23-21-45(22-24-46)26-28-9-10-28/h6-8,15-16,25,27-28,30,32-33H,9-14,17-24,26H2,1-5H3,(H,41,43)(H,42,49)/t27-,30?,32?/m1/s1. The van der Waals surface area contributed by atoms with Crippen LogP contribution in [0, 0.1) is 5.92 Å². The van der Waals surface area contributed by atoms with Crippen LogP contribution in [-0.2, 0) is 9.53 Å². The SMILES string of the molecule is C[C@@H]1C(=O)N(C)c2ccc(Nc3cccc(C(=O)NC4CCC(N5CCN(CC6CC6)CC5)CC4)c3)nc2N1C1CCN(C(=O)OC(C)(C)C)CC1. The summed E-state index contributed by atoms with van der Waals surface area (Å²) >= 11 is 0. The zero-order chi connectivity index (χ0) is 36.6. The van der Waals surface area contributed by atoms with E-state index in [0.29, 0.717) is 43.4 Å². The van der Waals surface area contributed by atoms with E-state index in [2.05, 4.69) is 25.3 Å². The Morgan fingerprint density at radius 2 is 1.60 bits per heavy atom. The van der Waals surface area contributed by atoms with Crippen molar-refractivity contribution in [2.75, 3.05) is 68.0 Å². The molecule has 12 nitrogen and oxygen atoms in total. The largest absolute Gasteiger partial charge is 0.444 e. The number of rotatable bonds is 8. The Morgan fingerprint density at radius 3 is 2.27 bits per heavy atom. The number of piperazine rings is 1. The van der Waals surface area contributed by atoms with Crippen molar-refractivity contribution in [3.05, 3.63) is 42.0 Å². The van der Waals surface area contributed by atoms with Crippen molar-refractivity contribution in [2.45, 2.75) is 109 Å². The third-order valence-corrected chi connectivity index (χ3v) is 11.6. The third-order valence-electron chi connectivity index (χ3n) is 11.6. The maximum atomic E-state index is 13.4. The van der Waals surface area contributed by atoms with Gasteiger partial charge < -0.3 is 35.0 Å². The van der Waals surface area contributed by atoms with Crippen LogP contribution in [0.15, 0.2) is 36.4 Å². The van der Waals surface area contributed by atoms with Gasteiger partial charge in [0.25, 0.3) is 5.91 Å². The van der Waals surface area contributed by atoms with Crippen LogP contribution in [-0.4, -0.2) is 120 Å². The first-order chi connectivity index (χ1) is 24.9. The average Bonchev–Trinajstić information content (AvgIpc) is 3.95. The zero-order valence-electron chi connectivity index (χ0n) is 31.8. The molecule has 3 amide bonds. The summed E-state index contributed by atoms with van der Waals surface area (Å²) in [5.41, 5.74) is 1.60. The van der Waals surface area contributed by atoms with E-state index in [1.54, 1.807) is 16.8 Å². The normalized spacial score (nSPS) is 25.1. The molecular weight excluding hydrogens is 656 g/mol. The molecule has 2 saturated carbocycles. The highest BCUT2D eigenvalue weighted by molar-refractivity contribution is 6.04. The highest BCUT2D eigenvalue weighted by Crippen LogP contribution is 2.39. The molecule has 5 aliphatic rings. The van der Waals surface area contributed by atoms with Crippen molar-refractivity contribution in [3.8, 4) is 0 Å². The van der Waals surface area contributed by atoms with Crippen LogP contribution >= 0.6 is 0 Å². The molecule has 2 saturated heterocycles. The molecule has 12 heteroatoms. The molecule has 0 bridgehead atoms. The molecule has 1 atom stereocenters. The summed E-state index contributed by atoms with van der Waals surface area (Å²) in [5, 5.41) is 6.74. The minimum Gasteiger partial charge on any atom is -0.444 e. The van der Waals surface area contributed by atoms with Crippen molar-refractivity contribution < 1.29 is 19.1 Å². The van der Waals surface area contributed by atoms with Crippen molar-refractivity contribution in [3.63, 3.8) is 0 Å². The number of piperidine rings is 1. The number of hydrogen-bond acceptors (Lipinski definition) is 9. The summed E-state index contributed by atoms with van der Waals surface area (Å²) in [5.74, 6) is 2.30. The Morgan fingerprint density at radius 1 is 0.885 bits per heavy atom. The Labute approximate surface area is 309 Å². The first-order valence-corrected chi connectivity index (χ1v) is 19.6. The van der Waals surface area contributed by atoms with Gasteiger partial charge in [0.1, 0.15) is 17.5 Å². The summed E-state index contributed by atoms with van der Waals surface area (Å²) in [7, 11) is 1.79. The Kier molecular flexibility index (Phi) is 10.7. The fourth-order valence-electron chi connectivity index (χ4n) is 8.52. The van der Waals surface area contributed by atoms with Gasteiger partial charge in [-0.2, -0.15) is 0 Å². The predicted molar refractivity (Wildman–Crippen MR) is 204 cm³/mol. The molecular formula is C40H58N8O4. The summed E-state index contributed by atoms with van der Waals surface area (Å²) in [6, 6.07) is 11.9. The van der Waals surface area contributed by atoms with Gasteiger partial charge in [0, 0.05) is 82.2 Å². The topological polar surface area (TPSA) is 114 Å². The summed E-state index contributed by atoms with van der Waals surface area (Å²) in [6.07, 6.45) is 8.25. The highest BCUT2D eigenvalue weighted by atomic mass is 16.6. The quantitative estimate of drug-likeness (QED) is 0.368. The van der Waals surface area contributed by atoms with Gasteiger partial charge >= 0.3 is 6.09 Å². The number of nitrogens with one attached hydrogen (secondary N) is 2. The lowest BCUT2D eigenvalue weighted by Crippen LogP contribution is -2.57. The number of ether oxygens (including phenoxy) is 1. The number of pyridine rings is 1. The lowest BCUT2D eigenvalue weighted by molar-refractivity contribution is -0.119. The molecule has 3 aliphatic heterocycles. The van der Waals surface area contributed by atoms with Gasteiger partial charge in [-0.1, -0.05) is 6.07 Å². The van der Waals surface area contributed by atoms with E-state index in [1.165, 1.54) is 45.6 Å². The van der Waals surface area contributed by atoms with Crippen molar-refractivity contribution in [1.82, 2.24) is 25.0 Å². The number of carbonyl (C=O) groups is 3. The third kappa shape index (κ3) is 8.49. The first kappa shape index (κ1) is 36.5. The molecule has 0 spiro atoms. The van der Waals surface area contributed by atoms with Crippen LogP contribution in [0.1, 0.15) is 89.4 Å². The number of fused-ring (bicyclic) bond motifs is 1. The molecule has 4 fully saturated rings. The van der Waals surface area contributed by atoms with Gasteiger partial charge in [-0.15, -0.1) is 0 Å². The maximum absolute atomic E-state index is 13.4. The van der Waals surface area contributed by atoms with Crippen molar-refractivity contribution in [2.24, 2.45) is 5.92 Å². The van der Waals surface area contributed by atoms with Gasteiger partial charge in [-0.05, 0) is 115 Å². The molecule has 0 unspecified atom stereocenters. The van der Waals surface area contributed by atoms with E-state index >= 15 is 0 Å². The first-order valence-electron chi connectivity index (χ1n) is 19.6. The van der Waals surface area contributed by atoms with Gasteiger partial charge in [-0.3, -0.25) is 14.5 Å². The van der Waals surface area contributed by atoms with Crippen LogP contribution in [0.25, 0.3) is 0 Å². The fraction of sp³-hybridized carbons (Fsp3) is 0.650. The fourth-order valence-corrected chi connectivity index (χ4v) is 8.52. The van der Waals surface area contributed by atoms with Crippen LogP contribution in [0.3, 0.4) is 0 Å². The molecule has 2 aliphatic carbocycles. The van der Waals surface area contributed by atoms with Gasteiger partial charge in [0.05, 0.1) is 5.69 Å². The van der Waals surface area contributed by atoms with E-state index < -0.39 is 11.6 Å². The van der Waals surface area contributed by atoms with Crippen LogP contribution in [0.5, 0.6) is 0 Å². The Balaban J connectivity index is 0.954. The molecule has 52 heavy (non-hydrogen) atoms. The average molecular weight is 715 g/mol. The van der Waals surface area contributed by atoms with Crippen LogP contribution < -0.4 is 20.4 Å². The smallest absolute Gasteiger partial charge is 0.410 e. The zero-order valence-corrected chi connectivity index (χ0v) is 31.8. The molecule has 1 aromatic carbocycles. The molecule has 7 rings (SSSR count). The number of carbonyl (C=O) groups excluding carboxylic acids is 3. The van der Waals surface area contributed by atoms with Gasteiger partial charge in [0.15, 0.2) is 5.82 Å². The molecule has 2 aromatic rings. The number of nitrogens with zero attached hydrogens (tertiary/aromatic N) is 6. The number of likely N-dealkylation sites (N-methyl/N-ethyl adjacent to an activating group) is 1. The number of aromatic nitrogens is 1. The second-order valence-electron chi connectivity index (χ2n) is 16.7. The lowest BCUT2D eigenvalue weighted by atomic mass is 9.89. The van der Waals surface area contributed by atoms with Crippen molar-refractivity contribution >= 4 is 40.9 Å². The van der Waals surface area contributed by atoms with Gasteiger partial charge in [-0.25, -0.2) is 9.78 Å².